The van der Waals surface area contributed by atoms with E-state index in [1.807, 2.05) is 18.7 Å². The molecule has 0 spiro atoms. The molecule has 3 N–H and O–H groups in total. The molecule has 0 saturated carbocycles. The molecule has 1 aliphatic rings. The Kier molecular flexibility index (Phi) is 4.73. The van der Waals surface area contributed by atoms with E-state index in [9.17, 15) is 9.59 Å². The summed E-state index contributed by atoms with van der Waals surface area (Å²) in [5, 5.41) is 2.69. The van der Waals surface area contributed by atoms with E-state index in [1.165, 1.54) is 0 Å². The van der Waals surface area contributed by atoms with Gasteiger partial charge in [-0.3, -0.25) is 9.59 Å². The molecule has 0 aliphatic carbocycles. The van der Waals surface area contributed by atoms with Crippen molar-refractivity contribution in [1.82, 2.24) is 10.2 Å². The first kappa shape index (κ1) is 13.0. The predicted octanol–water partition coefficient (Wildman–Crippen LogP) is -0.292. The number of hydrogen-bond acceptors (Lipinski definition) is 3. The van der Waals surface area contributed by atoms with Crippen molar-refractivity contribution in [2.24, 2.45) is 11.7 Å². The highest BCUT2D eigenvalue weighted by atomic mass is 16.2. The number of nitrogens with two attached hydrogens (primary N) is 1. The first-order valence-electron chi connectivity index (χ1n) is 5.84. The SMILES string of the molecule is CC(C)C(NC(=O)CN)C(=O)N1CCCC1. The van der Waals surface area contributed by atoms with Crippen LogP contribution in [0, 0.1) is 5.92 Å². The van der Waals surface area contributed by atoms with Crippen molar-refractivity contribution in [2.75, 3.05) is 19.6 Å². The van der Waals surface area contributed by atoms with Crippen LogP contribution in [0.4, 0.5) is 0 Å². The predicted molar refractivity (Wildman–Crippen MR) is 61.6 cm³/mol. The second-order valence-electron chi connectivity index (χ2n) is 4.53. The van der Waals surface area contributed by atoms with Crippen LogP contribution in [0.15, 0.2) is 0 Å². The lowest BCUT2D eigenvalue weighted by molar-refractivity contribution is -0.136. The Bertz CT molecular complexity index is 260. The number of carbonyl (C=O) groups excluding carboxylic acids is 2. The first-order chi connectivity index (χ1) is 7.56. The number of rotatable bonds is 4. The Labute approximate surface area is 96.4 Å². The highest BCUT2D eigenvalue weighted by Crippen LogP contribution is 2.12. The summed E-state index contributed by atoms with van der Waals surface area (Å²) in [6.07, 6.45) is 2.11. The number of nitrogens with zero attached hydrogens (tertiary/aromatic N) is 1. The maximum Gasteiger partial charge on any atom is 0.245 e. The van der Waals surface area contributed by atoms with Crippen LogP contribution in [-0.4, -0.2) is 42.4 Å². The summed E-state index contributed by atoms with van der Waals surface area (Å²) in [5.41, 5.74) is 5.24. The minimum atomic E-state index is -0.436. The van der Waals surface area contributed by atoms with Crippen molar-refractivity contribution in [3.05, 3.63) is 0 Å². The first-order valence-corrected chi connectivity index (χ1v) is 5.84. The fraction of sp³-hybridized carbons (Fsp3) is 0.818. The van der Waals surface area contributed by atoms with Crippen molar-refractivity contribution < 1.29 is 9.59 Å². The van der Waals surface area contributed by atoms with Gasteiger partial charge in [-0.25, -0.2) is 0 Å². The molecule has 0 bridgehead atoms. The van der Waals surface area contributed by atoms with Crippen molar-refractivity contribution in [3.63, 3.8) is 0 Å². The molecular weight excluding hydrogens is 206 g/mol. The third-order valence-corrected chi connectivity index (χ3v) is 2.85. The number of carbonyl (C=O) groups is 2. The zero-order valence-electron chi connectivity index (χ0n) is 10.0. The molecule has 2 amide bonds. The lowest BCUT2D eigenvalue weighted by Gasteiger charge is -2.26. The fourth-order valence-corrected chi connectivity index (χ4v) is 1.88. The molecule has 0 aromatic carbocycles. The summed E-state index contributed by atoms with van der Waals surface area (Å²) in [6.45, 7) is 5.39. The summed E-state index contributed by atoms with van der Waals surface area (Å²) in [4.78, 5) is 25.2. The lowest BCUT2D eigenvalue weighted by Crippen LogP contribution is -2.51. The Morgan fingerprint density at radius 2 is 1.88 bits per heavy atom. The van der Waals surface area contributed by atoms with Crippen LogP contribution in [0.25, 0.3) is 0 Å². The van der Waals surface area contributed by atoms with E-state index < -0.39 is 6.04 Å². The van der Waals surface area contributed by atoms with Crippen LogP contribution in [0.5, 0.6) is 0 Å². The van der Waals surface area contributed by atoms with Crippen LogP contribution < -0.4 is 11.1 Å². The fourth-order valence-electron chi connectivity index (χ4n) is 1.88. The summed E-state index contributed by atoms with van der Waals surface area (Å²) < 4.78 is 0. The second kappa shape index (κ2) is 5.84. The molecule has 0 aromatic heterocycles. The number of hydrogen-bond donors (Lipinski definition) is 2. The normalized spacial score (nSPS) is 17.6. The van der Waals surface area contributed by atoms with Gasteiger partial charge in [0.1, 0.15) is 6.04 Å². The van der Waals surface area contributed by atoms with Gasteiger partial charge in [0.2, 0.25) is 11.8 Å². The topological polar surface area (TPSA) is 75.4 Å². The van der Waals surface area contributed by atoms with Crippen LogP contribution in [-0.2, 0) is 9.59 Å². The maximum absolute atomic E-state index is 12.1. The average molecular weight is 227 g/mol. The standard InChI is InChI=1S/C11H21N3O2/c1-8(2)10(13-9(15)7-12)11(16)14-5-3-4-6-14/h8,10H,3-7,12H2,1-2H3,(H,13,15). The van der Waals surface area contributed by atoms with Gasteiger partial charge in [-0.15, -0.1) is 0 Å². The summed E-state index contributed by atoms with van der Waals surface area (Å²) >= 11 is 0. The molecule has 1 atom stereocenters. The smallest absolute Gasteiger partial charge is 0.245 e. The molecule has 1 unspecified atom stereocenters. The molecule has 5 heteroatoms. The van der Waals surface area contributed by atoms with Crippen molar-refractivity contribution in [3.8, 4) is 0 Å². The maximum atomic E-state index is 12.1. The van der Waals surface area contributed by atoms with E-state index in [4.69, 9.17) is 5.73 Å². The number of likely N-dealkylation sites (tertiary alicyclic amines) is 1. The van der Waals surface area contributed by atoms with E-state index in [0.717, 1.165) is 25.9 Å². The van der Waals surface area contributed by atoms with Crippen LogP contribution >= 0.6 is 0 Å². The zero-order chi connectivity index (χ0) is 12.1. The molecule has 1 heterocycles. The van der Waals surface area contributed by atoms with E-state index in [1.54, 1.807) is 0 Å². The molecule has 0 aromatic rings. The highest BCUT2D eigenvalue weighted by Gasteiger charge is 2.29. The van der Waals surface area contributed by atoms with Crippen LogP contribution in [0.3, 0.4) is 0 Å². The van der Waals surface area contributed by atoms with Gasteiger partial charge >= 0.3 is 0 Å². The zero-order valence-corrected chi connectivity index (χ0v) is 10.0. The third kappa shape index (κ3) is 3.20. The van der Waals surface area contributed by atoms with Crippen LogP contribution in [0.2, 0.25) is 0 Å². The van der Waals surface area contributed by atoms with Crippen LogP contribution in [0.1, 0.15) is 26.7 Å². The largest absolute Gasteiger partial charge is 0.343 e. The molecule has 16 heavy (non-hydrogen) atoms. The minimum absolute atomic E-state index is 0.0225. The summed E-state index contributed by atoms with van der Waals surface area (Å²) in [5.74, 6) is -0.163. The lowest BCUT2D eigenvalue weighted by atomic mass is 10.0. The Morgan fingerprint density at radius 3 is 2.31 bits per heavy atom. The minimum Gasteiger partial charge on any atom is -0.343 e. The van der Waals surface area contributed by atoms with Gasteiger partial charge in [-0.2, -0.15) is 0 Å². The monoisotopic (exact) mass is 227 g/mol. The summed E-state index contributed by atoms with van der Waals surface area (Å²) in [7, 11) is 0. The van der Waals surface area contributed by atoms with Gasteiger partial charge in [0.15, 0.2) is 0 Å². The molecule has 1 fully saturated rings. The summed E-state index contributed by atoms with van der Waals surface area (Å²) in [6, 6.07) is -0.436. The third-order valence-electron chi connectivity index (χ3n) is 2.85. The highest BCUT2D eigenvalue weighted by molar-refractivity contribution is 5.88. The van der Waals surface area contributed by atoms with E-state index in [-0.39, 0.29) is 24.3 Å². The van der Waals surface area contributed by atoms with E-state index in [2.05, 4.69) is 5.32 Å². The van der Waals surface area contributed by atoms with Gasteiger partial charge in [0, 0.05) is 13.1 Å². The van der Waals surface area contributed by atoms with Gasteiger partial charge in [-0.1, -0.05) is 13.8 Å². The average Bonchev–Trinajstić information content (AvgIpc) is 2.77. The molecule has 1 saturated heterocycles. The second-order valence-corrected chi connectivity index (χ2v) is 4.53. The Balaban J connectivity index is 2.61. The quantitative estimate of drug-likeness (QED) is 0.693. The molecule has 1 aliphatic heterocycles. The van der Waals surface area contributed by atoms with Gasteiger partial charge in [-0.05, 0) is 18.8 Å². The number of nitrogens with one attached hydrogen (secondary N) is 1. The molecule has 1 rings (SSSR count). The van der Waals surface area contributed by atoms with Gasteiger partial charge in [0.25, 0.3) is 0 Å². The van der Waals surface area contributed by atoms with Crippen molar-refractivity contribution >= 4 is 11.8 Å². The molecule has 5 nitrogen and oxygen atoms in total. The van der Waals surface area contributed by atoms with E-state index in [0.29, 0.717) is 0 Å². The van der Waals surface area contributed by atoms with E-state index >= 15 is 0 Å². The Hall–Kier alpha value is -1.10. The van der Waals surface area contributed by atoms with Gasteiger partial charge < -0.3 is 16.0 Å². The Morgan fingerprint density at radius 1 is 1.31 bits per heavy atom. The van der Waals surface area contributed by atoms with Crippen molar-refractivity contribution in [1.29, 1.82) is 0 Å². The molecule has 92 valence electrons. The molecule has 0 radical (unpaired) electrons. The van der Waals surface area contributed by atoms with Gasteiger partial charge in [0.05, 0.1) is 6.54 Å². The molecular formula is C11H21N3O2. The van der Waals surface area contributed by atoms with Crippen molar-refractivity contribution in [2.45, 2.75) is 32.7 Å². The number of amides is 2.